The maximum Gasteiger partial charge on any atom is 0.339 e. The van der Waals surface area contributed by atoms with Crippen LogP contribution in [0.4, 0.5) is 5.69 Å². The van der Waals surface area contributed by atoms with Crippen molar-refractivity contribution >= 4 is 27.6 Å². The Morgan fingerprint density at radius 3 is 2.33 bits per heavy atom. The molecule has 1 unspecified atom stereocenters. The number of anilines is 1. The van der Waals surface area contributed by atoms with Gasteiger partial charge in [-0.05, 0) is 73.9 Å². The average Bonchev–Trinajstić information content (AvgIpc) is 2.96. The maximum atomic E-state index is 13.3. The number of benzene rings is 2. The standard InChI is InChI=1S/C32H45N3O6S/c1-3-4-10-28(24-8-6-5-7-9-24)31(36)33-25-17-19-35(20-18-25)22-23-11-14-27(15-12-23)41-30-16-13-26(34-42(2,39)40)21-29(30)32(37)38/h11-16,21,24-25,28,34H,3-10,17-20,22H2,1-2H3,(H,33,36)(H,37,38). The molecule has 42 heavy (non-hydrogen) atoms. The second-order valence-electron chi connectivity index (χ2n) is 11.8. The van der Waals surface area contributed by atoms with Gasteiger partial charge in [0.25, 0.3) is 0 Å². The largest absolute Gasteiger partial charge is 0.478 e. The zero-order valence-corrected chi connectivity index (χ0v) is 25.6. The molecule has 230 valence electrons. The fourth-order valence-corrected chi connectivity index (χ4v) is 6.75. The number of unbranched alkanes of at least 4 members (excludes halogenated alkanes) is 1. The van der Waals surface area contributed by atoms with Gasteiger partial charge < -0.3 is 15.2 Å². The van der Waals surface area contributed by atoms with Gasteiger partial charge in [0.2, 0.25) is 15.9 Å². The average molecular weight is 600 g/mol. The van der Waals surface area contributed by atoms with Gasteiger partial charge in [0.15, 0.2) is 0 Å². The number of carboxylic acid groups (broad SMARTS) is 1. The van der Waals surface area contributed by atoms with E-state index in [1.165, 1.54) is 50.3 Å². The van der Waals surface area contributed by atoms with Crippen LogP contribution >= 0.6 is 0 Å². The highest BCUT2D eigenvalue weighted by molar-refractivity contribution is 7.92. The number of ether oxygens (including phenoxy) is 1. The molecule has 2 fully saturated rings. The monoisotopic (exact) mass is 599 g/mol. The summed E-state index contributed by atoms with van der Waals surface area (Å²) in [5, 5.41) is 13.0. The van der Waals surface area contributed by atoms with Crippen LogP contribution in [-0.2, 0) is 21.4 Å². The second-order valence-corrected chi connectivity index (χ2v) is 13.6. The molecule has 4 rings (SSSR count). The van der Waals surface area contributed by atoms with Crippen molar-refractivity contribution in [2.45, 2.75) is 83.7 Å². The number of nitrogens with zero attached hydrogens (tertiary/aromatic N) is 1. The summed E-state index contributed by atoms with van der Waals surface area (Å²) in [6.45, 7) is 4.82. The van der Waals surface area contributed by atoms with Crippen molar-refractivity contribution in [2.75, 3.05) is 24.1 Å². The number of amides is 1. The predicted octanol–water partition coefficient (Wildman–Crippen LogP) is 6.02. The molecule has 0 radical (unpaired) electrons. The Labute approximate surface area is 250 Å². The minimum absolute atomic E-state index is 0.124. The molecule has 1 aliphatic heterocycles. The second kappa shape index (κ2) is 14.9. The summed E-state index contributed by atoms with van der Waals surface area (Å²) in [4.78, 5) is 27.4. The minimum Gasteiger partial charge on any atom is -0.478 e. The number of hydrogen-bond acceptors (Lipinski definition) is 6. The minimum atomic E-state index is -3.53. The molecule has 2 aromatic rings. The van der Waals surface area contributed by atoms with Gasteiger partial charge in [0.1, 0.15) is 17.1 Å². The van der Waals surface area contributed by atoms with E-state index in [4.69, 9.17) is 4.74 Å². The Morgan fingerprint density at radius 2 is 1.71 bits per heavy atom. The first-order valence-corrected chi connectivity index (χ1v) is 17.1. The highest BCUT2D eigenvalue weighted by Crippen LogP contribution is 2.33. The van der Waals surface area contributed by atoms with Crippen molar-refractivity contribution in [2.24, 2.45) is 11.8 Å². The molecule has 10 heteroatoms. The van der Waals surface area contributed by atoms with Crippen LogP contribution in [0.3, 0.4) is 0 Å². The number of nitrogens with one attached hydrogen (secondary N) is 2. The number of likely N-dealkylation sites (tertiary alicyclic amines) is 1. The van der Waals surface area contributed by atoms with Crippen LogP contribution in [-0.4, -0.2) is 55.7 Å². The van der Waals surface area contributed by atoms with Crippen LogP contribution in [0, 0.1) is 11.8 Å². The first-order valence-electron chi connectivity index (χ1n) is 15.3. The Balaban J connectivity index is 1.27. The van der Waals surface area contributed by atoms with Gasteiger partial charge in [-0.25, -0.2) is 13.2 Å². The van der Waals surface area contributed by atoms with E-state index in [9.17, 15) is 23.1 Å². The molecule has 0 spiro atoms. The van der Waals surface area contributed by atoms with Gasteiger partial charge in [0.05, 0.1) is 6.26 Å². The van der Waals surface area contributed by atoms with Gasteiger partial charge in [-0.1, -0.05) is 51.2 Å². The summed E-state index contributed by atoms with van der Waals surface area (Å²) in [5.41, 5.74) is 1.13. The summed E-state index contributed by atoms with van der Waals surface area (Å²) in [6, 6.07) is 11.9. The third-order valence-electron chi connectivity index (χ3n) is 8.43. The van der Waals surface area contributed by atoms with E-state index in [1.54, 1.807) is 12.1 Å². The lowest BCUT2D eigenvalue weighted by Gasteiger charge is -2.35. The third kappa shape index (κ3) is 9.46. The molecule has 0 aromatic heterocycles. The van der Waals surface area contributed by atoms with Gasteiger partial charge in [0, 0.05) is 37.3 Å². The number of piperidine rings is 1. The van der Waals surface area contributed by atoms with Crippen LogP contribution in [0.5, 0.6) is 11.5 Å². The highest BCUT2D eigenvalue weighted by atomic mass is 32.2. The number of carboxylic acids is 1. The number of sulfonamides is 1. The fourth-order valence-electron chi connectivity index (χ4n) is 6.20. The van der Waals surface area contributed by atoms with Crippen LogP contribution in [0.15, 0.2) is 42.5 Å². The Morgan fingerprint density at radius 1 is 1.02 bits per heavy atom. The first kappa shape index (κ1) is 31.8. The molecule has 0 bridgehead atoms. The van der Waals surface area contributed by atoms with Crippen molar-refractivity contribution in [3.63, 3.8) is 0 Å². The molecule has 9 nitrogen and oxygen atoms in total. The number of carbonyl (C=O) groups excluding carboxylic acids is 1. The molecule has 1 aliphatic carbocycles. The quantitative estimate of drug-likeness (QED) is 0.257. The number of carbonyl (C=O) groups is 2. The van der Waals surface area contributed by atoms with Crippen LogP contribution in [0.2, 0.25) is 0 Å². The molecule has 3 N–H and O–H groups in total. The van der Waals surface area contributed by atoms with Gasteiger partial charge >= 0.3 is 5.97 Å². The summed E-state index contributed by atoms with van der Waals surface area (Å²) in [5.74, 6) is 0.378. The Kier molecular flexibility index (Phi) is 11.3. The highest BCUT2D eigenvalue weighted by Gasteiger charge is 2.31. The molecule has 2 aliphatic rings. The van der Waals surface area contributed by atoms with Crippen molar-refractivity contribution in [3.8, 4) is 11.5 Å². The van der Waals surface area contributed by atoms with Crippen molar-refractivity contribution in [3.05, 3.63) is 53.6 Å². The number of hydrogen-bond donors (Lipinski definition) is 3. The normalized spacial score (nSPS) is 17.9. The molecular weight excluding hydrogens is 554 g/mol. The summed E-state index contributed by atoms with van der Waals surface area (Å²) >= 11 is 0. The van der Waals surface area contributed by atoms with E-state index in [2.05, 4.69) is 21.9 Å². The number of rotatable bonds is 13. The zero-order valence-electron chi connectivity index (χ0n) is 24.8. The SMILES string of the molecule is CCCCC(C(=O)NC1CCN(Cc2ccc(Oc3ccc(NS(C)(=O)=O)cc3C(=O)O)cc2)CC1)C1CCCCC1. The summed E-state index contributed by atoms with van der Waals surface area (Å²) in [6.07, 6.45) is 12.4. The van der Waals surface area contributed by atoms with Gasteiger partial charge in [-0.15, -0.1) is 0 Å². The molecule has 1 atom stereocenters. The van der Waals surface area contributed by atoms with E-state index in [-0.39, 0.29) is 34.9 Å². The summed E-state index contributed by atoms with van der Waals surface area (Å²) < 4.78 is 31.1. The van der Waals surface area contributed by atoms with Crippen LogP contribution in [0.1, 0.15) is 87.1 Å². The first-order chi connectivity index (χ1) is 20.1. The summed E-state index contributed by atoms with van der Waals surface area (Å²) in [7, 11) is -3.53. The molecular formula is C32H45N3O6S. The van der Waals surface area contributed by atoms with Crippen molar-refractivity contribution < 1.29 is 27.9 Å². The zero-order chi connectivity index (χ0) is 30.1. The van der Waals surface area contributed by atoms with Gasteiger partial charge in [-0.2, -0.15) is 0 Å². The molecule has 1 saturated heterocycles. The van der Waals surface area contributed by atoms with E-state index in [0.717, 1.165) is 63.6 Å². The van der Waals surface area contributed by atoms with Gasteiger partial charge in [-0.3, -0.25) is 14.4 Å². The lowest BCUT2D eigenvalue weighted by atomic mass is 9.77. The van der Waals surface area contributed by atoms with E-state index >= 15 is 0 Å². The van der Waals surface area contributed by atoms with Crippen molar-refractivity contribution in [1.82, 2.24) is 10.2 Å². The topological polar surface area (TPSA) is 125 Å². The smallest absolute Gasteiger partial charge is 0.339 e. The molecule has 2 aromatic carbocycles. The van der Waals surface area contributed by atoms with Crippen LogP contribution < -0.4 is 14.8 Å². The maximum absolute atomic E-state index is 13.3. The molecule has 1 heterocycles. The van der Waals surface area contributed by atoms with E-state index in [0.29, 0.717) is 11.7 Å². The predicted molar refractivity (Wildman–Crippen MR) is 164 cm³/mol. The van der Waals surface area contributed by atoms with Crippen LogP contribution in [0.25, 0.3) is 0 Å². The Hall–Kier alpha value is -3.11. The molecule has 1 amide bonds. The third-order valence-corrected chi connectivity index (χ3v) is 9.04. The van der Waals surface area contributed by atoms with E-state index < -0.39 is 16.0 Å². The lowest BCUT2D eigenvalue weighted by molar-refractivity contribution is -0.128. The van der Waals surface area contributed by atoms with Crippen molar-refractivity contribution in [1.29, 1.82) is 0 Å². The number of aromatic carboxylic acids is 1. The van der Waals surface area contributed by atoms with E-state index in [1.807, 2.05) is 12.1 Å². The fraction of sp³-hybridized carbons (Fsp3) is 0.562. The lowest BCUT2D eigenvalue weighted by Crippen LogP contribution is -2.47. The Bertz CT molecular complexity index is 1300. The molecule has 1 saturated carbocycles.